The van der Waals surface area contributed by atoms with Gasteiger partial charge in [-0.3, -0.25) is 4.79 Å². The number of hydrogen-bond acceptors (Lipinski definition) is 4. The molecular formula is C17H25N3O3S. The molecule has 0 aromatic heterocycles. The topological polar surface area (TPSA) is 87.3 Å². The second-order valence-corrected chi connectivity index (χ2v) is 8.37. The fourth-order valence-electron chi connectivity index (χ4n) is 3.70. The van der Waals surface area contributed by atoms with Gasteiger partial charge in [0, 0.05) is 19.1 Å². The minimum atomic E-state index is -3.51. The van der Waals surface area contributed by atoms with Crippen LogP contribution in [0.4, 0.5) is 0 Å². The van der Waals surface area contributed by atoms with Gasteiger partial charge in [-0.15, -0.1) is 0 Å². The molecule has 1 aliphatic heterocycles. The lowest BCUT2D eigenvalue weighted by molar-refractivity contribution is -0.122. The summed E-state index contributed by atoms with van der Waals surface area (Å²) < 4.78 is 26.6. The molecule has 1 aliphatic carbocycles. The Balaban J connectivity index is 1.41. The molecule has 1 aromatic rings. The van der Waals surface area contributed by atoms with Gasteiger partial charge >= 0.3 is 0 Å². The highest BCUT2D eigenvalue weighted by molar-refractivity contribution is 7.89. The first kappa shape index (κ1) is 17.4. The maximum absolute atomic E-state index is 12.2. The Morgan fingerprint density at radius 1 is 1.12 bits per heavy atom. The zero-order valence-corrected chi connectivity index (χ0v) is 14.5. The Hall–Kier alpha value is -1.44. The number of amides is 1. The van der Waals surface area contributed by atoms with Gasteiger partial charge in [0.05, 0.1) is 10.9 Å². The Kier molecular flexibility index (Phi) is 5.53. The molecule has 0 spiro atoms. The number of carbonyl (C=O) groups is 1. The summed E-state index contributed by atoms with van der Waals surface area (Å²) in [5.74, 6) is 0.592. The standard InChI is InChI=1S/C17H25N3O3S/c21-17(16-12-13-6-4-5-9-15(13)20-16)18-10-11-19-24(22,23)14-7-2-1-3-8-14/h1-3,7-8,13,15-16,19-20H,4-6,9-12H2,(H,18,21). The number of rotatable bonds is 6. The predicted molar refractivity (Wildman–Crippen MR) is 91.9 cm³/mol. The van der Waals surface area contributed by atoms with Gasteiger partial charge in [0.1, 0.15) is 0 Å². The highest BCUT2D eigenvalue weighted by atomic mass is 32.2. The first-order chi connectivity index (χ1) is 11.6. The van der Waals surface area contributed by atoms with Crippen LogP contribution in [0.15, 0.2) is 35.2 Å². The van der Waals surface area contributed by atoms with E-state index in [1.54, 1.807) is 30.3 Å². The van der Waals surface area contributed by atoms with Crippen molar-refractivity contribution in [3.05, 3.63) is 30.3 Å². The van der Waals surface area contributed by atoms with Crippen LogP contribution in [0.25, 0.3) is 0 Å². The minimum Gasteiger partial charge on any atom is -0.353 e. The molecule has 2 aliphatic rings. The number of sulfonamides is 1. The fraction of sp³-hybridized carbons (Fsp3) is 0.588. The van der Waals surface area contributed by atoms with Crippen molar-refractivity contribution in [3.8, 4) is 0 Å². The van der Waals surface area contributed by atoms with Crippen LogP contribution in [0.3, 0.4) is 0 Å². The van der Waals surface area contributed by atoms with Gasteiger partial charge in [0.2, 0.25) is 15.9 Å². The zero-order chi connectivity index (χ0) is 17.0. The Bertz CT molecular complexity index is 649. The van der Waals surface area contributed by atoms with Gasteiger partial charge in [0.15, 0.2) is 0 Å². The molecule has 6 nitrogen and oxygen atoms in total. The van der Waals surface area contributed by atoms with E-state index >= 15 is 0 Å². The number of carbonyl (C=O) groups excluding carboxylic acids is 1. The molecular weight excluding hydrogens is 326 g/mol. The Labute approximate surface area is 143 Å². The van der Waals surface area contributed by atoms with Crippen LogP contribution in [-0.2, 0) is 14.8 Å². The molecule has 1 saturated carbocycles. The van der Waals surface area contributed by atoms with Crippen molar-refractivity contribution in [2.45, 2.75) is 49.1 Å². The van der Waals surface area contributed by atoms with Crippen LogP contribution in [0.2, 0.25) is 0 Å². The molecule has 132 valence electrons. The fourth-order valence-corrected chi connectivity index (χ4v) is 4.75. The van der Waals surface area contributed by atoms with Crippen molar-refractivity contribution in [2.75, 3.05) is 13.1 Å². The number of hydrogen-bond donors (Lipinski definition) is 3. The molecule has 1 amide bonds. The summed E-state index contributed by atoms with van der Waals surface area (Å²) in [5.41, 5.74) is 0. The van der Waals surface area contributed by atoms with Gasteiger partial charge in [0.25, 0.3) is 0 Å². The molecule has 0 radical (unpaired) electrons. The first-order valence-corrected chi connectivity index (χ1v) is 10.1. The van der Waals surface area contributed by atoms with E-state index in [9.17, 15) is 13.2 Å². The van der Waals surface area contributed by atoms with Crippen molar-refractivity contribution in [3.63, 3.8) is 0 Å². The normalized spacial score (nSPS) is 26.8. The lowest BCUT2D eigenvalue weighted by atomic mass is 9.85. The van der Waals surface area contributed by atoms with E-state index in [1.807, 2.05) is 0 Å². The van der Waals surface area contributed by atoms with E-state index < -0.39 is 10.0 Å². The van der Waals surface area contributed by atoms with E-state index in [2.05, 4.69) is 15.4 Å². The lowest BCUT2D eigenvalue weighted by Crippen LogP contribution is -2.45. The molecule has 0 bridgehead atoms. The second kappa shape index (κ2) is 7.63. The molecule has 7 heteroatoms. The van der Waals surface area contributed by atoms with Crippen molar-refractivity contribution < 1.29 is 13.2 Å². The van der Waals surface area contributed by atoms with E-state index in [1.165, 1.54) is 19.3 Å². The van der Waals surface area contributed by atoms with E-state index in [4.69, 9.17) is 0 Å². The van der Waals surface area contributed by atoms with Gasteiger partial charge < -0.3 is 10.6 Å². The number of nitrogens with one attached hydrogen (secondary N) is 3. The van der Waals surface area contributed by atoms with Crippen molar-refractivity contribution in [2.24, 2.45) is 5.92 Å². The van der Waals surface area contributed by atoms with Crippen LogP contribution in [-0.4, -0.2) is 39.5 Å². The van der Waals surface area contributed by atoms with Crippen LogP contribution >= 0.6 is 0 Å². The monoisotopic (exact) mass is 351 g/mol. The number of fused-ring (bicyclic) bond motifs is 1. The summed E-state index contributed by atoms with van der Waals surface area (Å²) in [6, 6.07) is 8.57. The SMILES string of the molecule is O=C(NCCNS(=O)(=O)c1ccccc1)C1CC2CCCCC2N1. The first-order valence-electron chi connectivity index (χ1n) is 8.65. The number of benzene rings is 1. The van der Waals surface area contributed by atoms with Gasteiger partial charge in [-0.2, -0.15) is 0 Å². The maximum Gasteiger partial charge on any atom is 0.240 e. The molecule has 3 atom stereocenters. The summed E-state index contributed by atoms with van der Waals surface area (Å²) in [4.78, 5) is 12.5. The third kappa shape index (κ3) is 4.15. The molecule has 3 N–H and O–H groups in total. The molecule has 2 fully saturated rings. The summed E-state index contributed by atoms with van der Waals surface area (Å²) in [6.45, 7) is 0.473. The summed E-state index contributed by atoms with van der Waals surface area (Å²) in [5, 5.41) is 6.25. The van der Waals surface area contributed by atoms with Gasteiger partial charge in [-0.1, -0.05) is 31.0 Å². The largest absolute Gasteiger partial charge is 0.353 e. The van der Waals surface area contributed by atoms with Gasteiger partial charge in [-0.25, -0.2) is 13.1 Å². The third-order valence-corrected chi connectivity index (χ3v) is 6.43. The molecule has 1 heterocycles. The lowest BCUT2D eigenvalue weighted by Gasteiger charge is -2.24. The molecule has 3 unspecified atom stereocenters. The minimum absolute atomic E-state index is 0.0247. The van der Waals surface area contributed by atoms with Crippen LogP contribution in [0.1, 0.15) is 32.1 Å². The van der Waals surface area contributed by atoms with E-state index in [-0.39, 0.29) is 23.4 Å². The zero-order valence-electron chi connectivity index (χ0n) is 13.7. The average Bonchev–Trinajstić information content (AvgIpc) is 3.03. The third-order valence-electron chi connectivity index (χ3n) is 4.95. The van der Waals surface area contributed by atoms with Crippen LogP contribution in [0, 0.1) is 5.92 Å². The highest BCUT2D eigenvalue weighted by Crippen LogP contribution is 2.33. The molecule has 1 aromatic carbocycles. The second-order valence-electron chi connectivity index (χ2n) is 6.61. The summed E-state index contributed by atoms with van der Waals surface area (Å²) in [6.07, 6.45) is 5.76. The predicted octanol–water partition coefficient (Wildman–Crippen LogP) is 1.00. The van der Waals surface area contributed by atoms with Crippen molar-refractivity contribution in [1.29, 1.82) is 0 Å². The van der Waals surface area contributed by atoms with Crippen LogP contribution in [0.5, 0.6) is 0 Å². The molecule has 1 saturated heterocycles. The Morgan fingerprint density at radius 3 is 2.62 bits per heavy atom. The van der Waals surface area contributed by atoms with Gasteiger partial charge in [-0.05, 0) is 37.3 Å². The Morgan fingerprint density at radius 2 is 1.88 bits per heavy atom. The van der Waals surface area contributed by atoms with Crippen LogP contribution < -0.4 is 15.4 Å². The van der Waals surface area contributed by atoms with E-state index in [0.717, 1.165) is 12.8 Å². The highest BCUT2D eigenvalue weighted by Gasteiger charge is 2.37. The van der Waals surface area contributed by atoms with Crippen molar-refractivity contribution >= 4 is 15.9 Å². The quantitative estimate of drug-likeness (QED) is 0.668. The summed E-state index contributed by atoms with van der Waals surface area (Å²) >= 11 is 0. The van der Waals surface area contributed by atoms with E-state index in [0.29, 0.717) is 18.5 Å². The smallest absolute Gasteiger partial charge is 0.240 e. The average molecular weight is 351 g/mol. The molecule has 3 rings (SSSR count). The van der Waals surface area contributed by atoms with Crippen molar-refractivity contribution in [1.82, 2.24) is 15.4 Å². The maximum atomic E-state index is 12.2. The molecule has 24 heavy (non-hydrogen) atoms. The summed E-state index contributed by atoms with van der Waals surface area (Å²) in [7, 11) is -3.51.